The summed E-state index contributed by atoms with van der Waals surface area (Å²) in [6.07, 6.45) is 0.383. The summed E-state index contributed by atoms with van der Waals surface area (Å²) in [5, 5.41) is 0. The summed E-state index contributed by atoms with van der Waals surface area (Å²) in [6, 6.07) is 0. The lowest BCUT2D eigenvalue weighted by Gasteiger charge is -2.26. The van der Waals surface area contributed by atoms with Crippen molar-refractivity contribution in [2.24, 2.45) is 0 Å². The van der Waals surface area contributed by atoms with Crippen molar-refractivity contribution in [3.63, 3.8) is 0 Å². The van der Waals surface area contributed by atoms with E-state index in [1.165, 1.54) is 0 Å². The average Bonchev–Trinajstić information content (AvgIpc) is 1.64. The second-order valence-electron chi connectivity index (χ2n) is 2.33. The van der Waals surface area contributed by atoms with Gasteiger partial charge in [-0.3, -0.25) is 0 Å². The van der Waals surface area contributed by atoms with Gasteiger partial charge in [0.05, 0.1) is 12.7 Å². The molecule has 1 heterocycles. The molecule has 47 valence electrons. The van der Waals surface area contributed by atoms with Crippen LogP contribution in [0.25, 0.3) is 0 Å². The molecular weight excluding hydrogens is 102 g/mol. The first-order chi connectivity index (χ1) is 3.79. The molecule has 1 fully saturated rings. The Morgan fingerprint density at radius 3 is 2.88 bits per heavy atom. The van der Waals surface area contributed by atoms with Crippen LogP contribution in [0.1, 0.15) is 6.92 Å². The maximum Gasteiger partial charge on any atom is 0.0980 e. The minimum atomic E-state index is 0.383. The zero-order valence-electron chi connectivity index (χ0n) is 5.42. The number of rotatable bonds is 0. The van der Waals surface area contributed by atoms with Gasteiger partial charge in [-0.2, -0.15) is 0 Å². The van der Waals surface area contributed by atoms with Crippen LogP contribution in [0.5, 0.6) is 0 Å². The zero-order valence-corrected chi connectivity index (χ0v) is 5.42. The molecule has 0 saturated carbocycles. The van der Waals surface area contributed by atoms with Gasteiger partial charge in [0.15, 0.2) is 0 Å². The molecule has 1 saturated heterocycles. The predicted molar refractivity (Wildman–Crippen MR) is 32.3 cm³/mol. The Morgan fingerprint density at radius 1 is 1.75 bits per heavy atom. The molecule has 1 atom stereocenters. The summed E-state index contributed by atoms with van der Waals surface area (Å²) in [6.45, 7) is 5.95. The minimum Gasteiger partial charge on any atom is -0.370 e. The van der Waals surface area contributed by atoms with E-state index >= 15 is 0 Å². The van der Waals surface area contributed by atoms with Crippen molar-refractivity contribution in [3.8, 4) is 0 Å². The highest BCUT2D eigenvalue weighted by molar-refractivity contribution is 4.70. The molecule has 0 bridgehead atoms. The molecule has 2 heteroatoms. The fourth-order valence-corrected chi connectivity index (χ4v) is 0.891. The Labute approximate surface area is 50.4 Å². The van der Waals surface area contributed by atoms with E-state index in [2.05, 4.69) is 18.9 Å². The van der Waals surface area contributed by atoms with Crippen molar-refractivity contribution in [2.45, 2.75) is 13.0 Å². The first kappa shape index (κ1) is 6.05. The molecule has 8 heavy (non-hydrogen) atoms. The molecule has 0 amide bonds. The van der Waals surface area contributed by atoms with E-state index in [4.69, 9.17) is 4.74 Å². The highest BCUT2D eigenvalue weighted by Crippen LogP contribution is 2.03. The summed E-state index contributed by atoms with van der Waals surface area (Å²) < 4.78 is 5.18. The molecule has 0 aromatic rings. The van der Waals surface area contributed by atoms with Crippen molar-refractivity contribution in [1.82, 2.24) is 4.90 Å². The number of ether oxygens (including phenoxy) is 1. The standard InChI is InChI=1S/C6H12NO/c1-6-5-7(2)3-4-8-6/h4,6H,3,5H2,1-2H3. The summed E-state index contributed by atoms with van der Waals surface area (Å²) in [5.74, 6) is 0. The largest absolute Gasteiger partial charge is 0.370 e. The molecule has 1 rings (SSSR count). The molecule has 0 aromatic heterocycles. The monoisotopic (exact) mass is 114 g/mol. The van der Waals surface area contributed by atoms with Crippen LogP contribution in [0.3, 0.4) is 0 Å². The van der Waals surface area contributed by atoms with E-state index in [9.17, 15) is 0 Å². The first-order valence-corrected chi connectivity index (χ1v) is 2.94. The Kier molecular flexibility index (Phi) is 1.86. The van der Waals surface area contributed by atoms with Crippen LogP contribution in [0, 0.1) is 6.61 Å². The van der Waals surface area contributed by atoms with Crippen LogP contribution >= 0.6 is 0 Å². The van der Waals surface area contributed by atoms with Gasteiger partial charge in [-0.1, -0.05) is 0 Å². The third kappa shape index (κ3) is 1.46. The van der Waals surface area contributed by atoms with Gasteiger partial charge >= 0.3 is 0 Å². The summed E-state index contributed by atoms with van der Waals surface area (Å²) in [7, 11) is 2.09. The Bertz CT molecular complexity index is 66.9. The second kappa shape index (κ2) is 2.46. The third-order valence-electron chi connectivity index (χ3n) is 1.28. The van der Waals surface area contributed by atoms with Gasteiger partial charge < -0.3 is 9.64 Å². The SMILES string of the molecule is CC1CN(C)C[CH]O1. The lowest BCUT2D eigenvalue weighted by Crippen LogP contribution is -2.35. The summed E-state index contributed by atoms with van der Waals surface area (Å²) in [4.78, 5) is 2.23. The Morgan fingerprint density at radius 2 is 2.50 bits per heavy atom. The third-order valence-corrected chi connectivity index (χ3v) is 1.28. The lowest BCUT2D eigenvalue weighted by atomic mass is 10.3. The van der Waals surface area contributed by atoms with E-state index < -0.39 is 0 Å². The number of hydrogen-bond donors (Lipinski definition) is 0. The Hall–Kier alpha value is -0.0800. The van der Waals surface area contributed by atoms with E-state index in [0.717, 1.165) is 13.1 Å². The molecular formula is C6H12NO. The maximum absolute atomic E-state index is 5.18. The lowest BCUT2D eigenvalue weighted by molar-refractivity contribution is 0.0365. The van der Waals surface area contributed by atoms with Crippen molar-refractivity contribution in [3.05, 3.63) is 6.61 Å². The van der Waals surface area contributed by atoms with Gasteiger partial charge in [-0.05, 0) is 14.0 Å². The molecule has 0 aromatic carbocycles. The zero-order chi connectivity index (χ0) is 5.98. The first-order valence-electron chi connectivity index (χ1n) is 2.94. The molecule has 0 spiro atoms. The number of morpholine rings is 1. The van der Waals surface area contributed by atoms with E-state index in [1.54, 1.807) is 0 Å². The number of nitrogens with zero attached hydrogens (tertiary/aromatic N) is 1. The van der Waals surface area contributed by atoms with Crippen molar-refractivity contribution < 1.29 is 4.74 Å². The fraction of sp³-hybridized carbons (Fsp3) is 0.833. The van der Waals surface area contributed by atoms with Gasteiger partial charge in [0.2, 0.25) is 0 Å². The molecule has 1 unspecified atom stereocenters. The fourth-order valence-electron chi connectivity index (χ4n) is 0.891. The second-order valence-corrected chi connectivity index (χ2v) is 2.33. The van der Waals surface area contributed by atoms with Crippen molar-refractivity contribution in [1.29, 1.82) is 0 Å². The van der Waals surface area contributed by atoms with Gasteiger partial charge in [-0.15, -0.1) is 0 Å². The van der Waals surface area contributed by atoms with Crippen LogP contribution in [0.15, 0.2) is 0 Å². The van der Waals surface area contributed by atoms with E-state index in [-0.39, 0.29) is 0 Å². The molecule has 1 aliphatic heterocycles. The van der Waals surface area contributed by atoms with Crippen LogP contribution in [0.4, 0.5) is 0 Å². The smallest absolute Gasteiger partial charge is 0.0980 e. The van der Waals surface area contributed by atoms with Crippen LogP contribution in [-0.2, 0) is 4.74 Å². The van der Waals surface area contributed by atoms with E-state index in [1.807, 2.05) is 6.61 Å². The molecule has 0 aliphatic carbocycles. The van der Waals surface area contributed by atoms with E-state index in [0.29, 0.717) is 6.10 Å². The summed E-state index contributed by atoms with van der Waals surface area (Å²) >= 11 is 0. The van der Waals surface area contributed by atoms with Crippen molar-refractivity contribution >= 4 is 0 Å². The van der Waals surface area contributed by atoms with Gasteiger partial charge in [0.1, 0.15) is 0 Å². The number of likely N-dealkylation sites (N-methyl/N-ethyl adjacent to an activating group) is 1. The molecule has 0 N–H and O–H groups in total. The van der Waals surface area contributed by atoms with Crippen LogP contribution in [-0.4, -0.2) is 31.1 Å². The molecule has 2 nitrogen and oxygen atoms in total. The predicted octanol–water partition coefficient (Wildman–Crippen LogP) is 0.499. The Balaban J connectivity index is 2.23. The molecule has 1 radical (unpaired) electrons. The van der Waals surface area contributed by atoms with Gasteiger partial charge in [0.25, 0.3) is 0 Å². The quantitative estimate of drug-likeness (QED) is 0.454. The van der Waals surface area contributed by atoms with Crippen molar-refractivity contribution in [2.75, 3.05) is 20.1 Å². The number of hydrogen-bond acceptors (Lipinski definition) is 2. The molecule has 1 aliphatic rings. The topological polar surface area (TPSA) is 12.5 Å². The normalized spacial score (nSPS) is 33.0. The minimum absolute atomic E-state index is 0.383. The summed E-state index contributed by atoms with van der Waals surface area (Å²) in [5.41, 5.74) is 0. The highest BCUT2D eigenvalue weighted by atomic mass is 16.5. The van der Waals surface area contributed by atoms with Gasteiger partial charge in [-0.25, -0.2) is 0 Å². The van der Waals surface area contributed by atoms with Gasteiger partial charge in [0, 0.05) is 13.1 Å². The average molecular weight is 114 g/mol. The van der Waals surface area contributed by atoms with Crippen LogP contribution < -0.4 is 0 Å². The highest BCUT2D eigenvalue weighted by Gasteiger charge is 2.11. The van der Waals surface area contributed by atoms with Crippen LogP contribution in [0.2, 0.25) is 0 Å². The maximum atomic E-state index is 5.18.